The Morgan fingerprint density at radius 2 is 2.00 bits per heavy atom. The molecule has 1 N–H and O–H groups in total. The fourth-order valence-corrected chi connectivity index (χ4v) is 4.53. The van der Waals surface area contributed by atoms with E-state index in [9.17, 15) is 8.42 Å². The maximum atomic E-state index is 12.2. The molecular formula is C16H26N2O3S. The molecule has 0 unspecified atom stereocenters. The van der Waals surface area contributed by atoms with E-state index in [1.165, 1.54) is 0 Å². The van der Waals surface area contributed by atoms with Gasteiger partial charge in [0.25, 0.3) is 0 Å². The molecule has 1 aromatic carbocycles. The number of likely N-dealkylation sites (tertiary alicyclic amines) is 1. The molecule has 1 aliphatic rings. The second kappa shape index (κ2) is 7.55. The van der Waals surface area contributed by atoms with Crippen LogP contribution in [0, 0.1) is 0 Å². The number of methoxy groups -OCH3 is 1. The summed E-state index contributed by atoms with van der Waals surface area (Å²) in [6.07, 6.45) is 0.647. The largest absolute Gasteiger partial charge is 0.375 e. The number of sulfonamides is 1. The van der Waals surface area contributed by atoms with Crippen LogP contribution in [0.2, 0.25) is 0 Å². The van der Waals surface area contributed by atoms with E-state index in [0.29, 0.717) is 19.5 Å². The van der Waals surface area contributed by atoms with Gasteiger partial charge in [0, 0.05) is 26.2 Å². The maximum absolute atomic E-state index is 12.2. The number of nitrogens with zero attached hydrogens (tertiary/aromatic N) is 1. The molecule has 0 amide bonds. The zero-order chi connectivity index (χ0) is 16.2. The summed E-state index contributed by atoms with van der Waals surface area (Å²) in [5, 5.41) is -0.330. The molecule has 0 aliphatic carbocycles. The summed E-state index contributed by atoms with van der Waals surface area (Å²) >= 11 is 0. The smallest absolute Gasteiger partial charge is 0.216 e. The lowest BCUT2D eigenvalue weighted by molar-refractivity contribution is 0.0711. The first-order valence-corrected chi connectivity index (χ1v) is 9.28. The Hall–Kier alpha value is -0.950. The molecule has 0 spiro atoms. The van der Waals surface area contributed by atoms with Gasteiger partial charge in [-0.05, 0) is 32.4 Å². The van der Waals surface area contributed by atoms with Crippen molar-refractivity contribution in [3.8, 4) is 0 Å². The molecule has 1 fully saturated rings. The highest BCUT2D eigenvalue weighted by molar-refractivity contribution is 7.90. The van der Waals surface area contributed by atoms with Gasteiger partial charge >= 0.3 is 0 Å². The van der Waals surface area contributed by atoms with Crippen molar-refractivity contribution < 1.29 is 13.2 Å². The molecule has 0 bridgehead atoms. The maximum Gasteiger partial charge on any atom is 0.216 e. The van der Waals surface area contributed by atoms with Gasteiger partial charge in [0.2, 0.25) is 10.0 Å². The minimum atomic E-state index is -3.23. The van der Waals surface area contributed by atoms with Gasteiger partial charge in [-0.15, -0.1) is 0 Å². The molecule has 1 aliphatic heterocycles. The van der Waals surface area contributed by atoms with Crippen LogP contribution in [0.15, 0.2) is 30.3 Å². The molecular weight excluding hydrogens is 300 g/mol. The Kier molecular flexibility index (Phi) is 5.97. The highest BCUT2D eigenvalue weighted by Crippen LogP contribution is 2.22. The standard InChI is InChI=1S/C16H26N2O3S/c1-13(2)17-22(19,20)15-9-10-18(11-15)12-16(21-3)14-7-5-4-6-8-14/h4-8,13,15-17H,9-12H2,1-3H3/t15-,16+/m0/s1. The number of ether oxygens (including phenoxy) is 1. The lowest BCUT2D eigenvalue weighted by atomic mass is 10.1. The molecule has 0 radical (unpaired) electrons. The first-order valence-electron chi connectivity index (χ1n) is 7.73. The van der Waals surface area contributed by atoms with Crippen LogP contribution < -0.4 is 4.72 Å². The van der Waals surface area contributed by atoms with E-state index in [4.69, 9.17) is 4.74 Å². The quantitative estimate of drug-likeness (QED) is 0.830. The van der Waals surface area contributed by atoms with Crippen molar-refractivity contribution in [1.82, 2.24) is 9.62 Å². The first kappa shape index (κ1) is 17.4. The minimum absolute atomic E-state index is 0.0271. The van der Waals surface area contributed by atoms with Gasteiger partial charge < -0.3 is 4.74 Å². The molecule has 22 heavy (non-hydrogen) atoms. The van der Waals surface area contributed by atoms with Crippen molar-refractivity contribution in [2.45, 2.75) is 37.7 Å². The summed E-state index contributed by atoms with van der Waals surface area (Å²) in [5.74, 6) is 0. The second-order valence-electron chi connectivity index (χ2n) is 6.12. The zero-order valence-corrected chi connectivity index (χ0v) is 14.3. The van der Waals surface area contributed by atoms with Gasteiger partial charge in [-0.25, -0.2) is 13.1 Å². The molecule has 1 saturated heterocycles. The molecule has 0 saturated carbocycles. The Bertz CT molecular complexity index is 560. The molecule has 1 aromatic rings. The molecule has 0 aromatic heterocycles. The van der Waals surface area contributed by atoms with Crippen LogP contribution in [-0.4, -0.2) is 51.4 Å². The van der Waals surface area contributed by atoms with Crippen LogP contribution in [0.25, 0.3) is 0 Å². The average molecular weight is 326 g/mol. The van der Waals surface area contributed by atoms with E-state index in [0.717, 1.165) is 12.1 Å². The fraction of sp³-hybridized carbons (Fsp3) is 0.625. The van der Waals surface area contributed by atoms with Gasteiger partial charge in [0.15, 0.2) is 0 Å². The molecule has 5 nitrogen and oxygen atoms in total. The van der Waals surface area contributed by atoms with E-state index in [1.54, 1.807) is 7.11 Å². The van der Waals surface area contributed by atoms with Crippen molar-refractivity contribution >= 4 is 10.0 Å². The topological polar surface area (TPSA) is 58.6 Å². The van der Waals surface area contributed by atoms with Crippen molar-refractivity contribution in [2.75, 3.05) is 26.7 Å². The van der Waals surface area contributed by atoms with E-state index in [-0.39, 0.29) is 17.4 Å². The summed E-state index contributed by atoms with van der Waals surface area (Å²) in [7, 11) is -1.54. The third-order valence-corrected chi connectivity index (χ3v) is 6.01. The van der Waals surface area contributed by atoms with E-state index < -0.39 is 10.0 Å². The van der Waals surface area contributed by atoms with Crippen LogP contribution in [0.1, 0.15) is 31.9 Å². The summed E-state index contributed by atoms with van der Waals surface area (Å²) < 4.78 is 32.8. The van der Waals surface area contributed by atoms with Gasteiger partial charge in [-0.3, -0.25) is 4.90 Å². The Balaban J connectivity index is 1.96. The molecule has 2 rings (SSSR count). The summed E-state index contributed by atoms with van der Waals surface area (Å²) in [5.41, 5.74) is 1.12. The SMILES string of the molecule is CO[C@H](CN1CC[C@H](S(=O)(=O)NC(C)C)C1)c1ccccc1. The lowest BCUT2D eigenvalue weighted by Crippen LogP contribution is -2.40. The highest BCUT2D eigenvalue weighted by atomic mass is 32.2. The monoisotopic (exact) mass is 326 g/mol. The summed E-state index contributed by atoms with van der Waals surface area (Å²) in [6.45, 7) is 5.76. The van der Waals surface area contributed by atoms with Crippen LogP contribution in [0.4, 0.5) is 0 Å². The van der Waals surface area contributed by atoms with E-state index in [1.807, 2.05) is 44.2 Å². The lowest BCUT2D eigenvalue weighted by Gasteiger charge is -2.23. The molecule has 6 heteroatoms. The molecule has 1 heterocycles. The minimum Gasteiger partial charge on any atom is -0.375 e. The van der Waals surface area contributed by atoms with Gasteiger partial charge in [-0.2, -0.15) is 0 Å². The first-order chi connectivity index (χ1) is 10.4. The summed E-state index contributed by atoms with van der Waals surface area (Å²) in [4.78, 5) is 2.17. The normalized spacial score (nSPS) is 21.4. The highest BCUT2D eigenvalue weighted by Gasteiger charge is 2.34. The van der Waals surface area contributed by atoms with Crippen molar-refractivity contribution in [2.24, 2.45) is 0 Å². The Morgan fingerprint density at radius 1 is 1.32 bits per heavy atom. The second-order valence-corrected chi connectivity index (χ2v) is 8.12. The number of benzene rings is 1. The number of hydrogen-bond acceptors (Lipinski definition) is 4. The Morgan fingerprint density at radius 3 is 2.59 bits per heavy atom. The predicted molar refractivity (Wildman–Crippen MR) is 88.2 cm³/mol. The zero-order valence-electron chi connectivity index (χ0n) is 13.5. The van der Waals surface area contributed by atoms with Gasteiger partial charge in [-0.1, -0.05) is 30.3 Å². The average Bonchev–Trinajstić information content (AvgIpc) is 2.94. The number of hydrogen-bond donors (Lipinski definition) is 1. The van der Waals surface area contributed by atoms with Crippen LogP contribution in [0.5, 0.6) is 0 Å². The fourth-order valence-electron chi connectivity index (χ4n) is 2.86. The Labute approximate surface area is 133 Å². The van der Waals surface area contributed by atoms with E-state index in [2.05, 4.69) is 9.62 Å². The third-order valence-electron chi connectivity index (χ3n) is 3.95. The van der Waals surface area contributed by atoms with E-state index >= 15 is 0 Å². The number of rotatable bonds is 7. The molecule has 124 valence electrons. The van der Waals surface area contributed by atoms with Crippen molar-refractivity contribution in [3.05, 3.63) is 35.9 Å². The van der Waals surface area contributed by atoms with Crippen LogP contribution in [0.3, 0.4) is 0 Å². The number of nitrogens with one attached hydrogen (secondary N) is 1. The summed E-state index contributed by atoms with van der Waals surface area (Å²) in [6, 6.07) is 9.98. The van der Waals surface area contributed by atoms with Crippen LogP contribution >= 0.6 is 0 Å². The van der Waals surface area contributed by atoms with Crippen molar-refractivity contribution in [1.29, 1.82) is 0 Å². The van der Waals surface area contributed by atoms with Crippen molar-refractivity contribution in [3.63, 3.8) is 0 Å². The third kappa shape index (κ3) is 4.52. The van der Waals surface area contributed by atoms with Gasteiger partial charge in [0.1, 0.15) is 0 Å². The van der Waals surface area contributed by atoms with Crippen LogP contribution in [-0.2, 0) is 14.8 Å². The van der Waals surface area contributed by atoms with Gasteiger partial charge in [0.05, 0.1) is 11.4 Å². The molecule has 2 atom stereocenters. The predicted octanol–water partition coefficient (Wildman–Crippen LogP) is 1.78.